The van der Waals surface area contributed by atoms with Gasteiger partial charge in [0.25, 0.3) is 5.56 Å². The van der Waals surface area contributed by atoms with Gasteiger partial charge in [-0.05, 0) is 36.2 Å². The van der Waals surface area contributed by atoms with Crippen LogP contribution in [0.25, 0.3) is 22.6 Å². The normalized spacial score (nSPS) is 11.8. The van der Waals surface area contributed by atoms with Gasteiger partial charge < -0.3 is 10.3 Å². The largest absolute Gasteiger partial charge is 0.417 e. The number of nitrogens with one attached hydrogen (secondary N) is 2. The van der Waals surface area contributed by atoms with Crippen LogP contribution in [-0.4, -0.2) is 21.5 Å². The second kappa shape index (κ2) is 8.97. The fourth-order valence-corrected chi connectivity index (χ4v) is 3.11. The Kier molecular flexibility index (Phi) is 6.58. The van der Waals surface area contributed by atoms with E-state index in [0.717, 1.165) is 12.6 Å². The molecule has 5 nitrogen and oxygen atoms in total. The van der Waals surface area contributed by atoms with E-state index in [9.17, 15) is 18.0 Å². The Morgan fingerprint density at radius 1 is 1.17 bits per heavy atom. The molecule has 0 aliphatic rings. The Morgan fingerprint density at radius 3 is 2.60 bits per heavy atom. The van der Waals surface area contributed by atoms with Crippen LogP contribution in [0.1, 0.15) is 25.0 Å². The summed E-state index contributed by atoms with van der Waals surface area (Å²) in [6.45, 7) is 5.19. The third-order valence-electron chi connectivity index (χ3n) is 4.27. The van der Waals surface area contributed by atoms with E-state index in [4.69, 9.17) is 11.6 Å². The van der Waals surface area contributed by atoms with Gasteiger partial charge in [-0.3, -0.25) is 9.78 Å². The van der Waals surface area contributed by atoms with E-state index in [1.54, 1.807) is 0 Å². The molecule has 2 heterocycles. The predicted molar refractivity (Wildman–Crippen MR) is 110 cm³/mol. The summed E-state index contributed by atoms with van der Waals surface area (Å²) in [4.78, 5) is 22.8. The maximum absolute atomic E-state index is 13.6. The van der Waals surface area contributed by atoms with Crippen LogP contribution in [0.4, 0.5) is 13.2 Å². The van der Waals surface area contributed by atoms with Crippen molar-refractivity contribution < 1.29 is 13.2 Å². The molecule has 30 heavy (non-hydrogen) atoms. The number of alkyl halides is 3. The van der Waals surface area contributed by atoms with Gasteiger partial charge >= 0.3 is 6.18 Å². The second-order valence-electron chi connectivity index (χ2n) is 7.27. The third kappa shape index (κ3) is 5.46. The molecule has 0 amide bonds. The molecule has 0 aliphatic heterocycles. The first kappa shape index (κ1) is 22.0. The molecule has 0 spiro atoms. The summed E-state index contributed by atoms with van der Waals surface area (Å²) in [7, 11) is 0. The molecule has 2 aromatic heterocycles. The number of aromatic amines is 1. The molecule has 3 aromatic rings. The smallest absolute Gasteiger partial charge is 0.312 e. The SMILES string of the molecule is CC(C)CNCc1ccc(C(F)(F)F)c(-c2nc(-c3cncc(Cl)c3)cc(=O)[nH]2)c1. The van der Waals surface area contributed by atoms with Crippen molar-refractivity contribution in [2.75, 3.05) is 6.54 Å². The van der Waals surface area contributed by atoms with Gasteiger partial charge in [-0.2, -0.15) is 13.2 Å². The predicted octanol–water partition coefficient (Wildman–Crippen LogP) is 4.92. The number of H-pyrrole nitrogens is 1. The monoisotopic (exact) mass is 436 g/mol. The summed E-state index contributed by atoms with van der Waals surface area (Å²) in [6, 6.07) is 6.56. The van der Waals surface area contributed by atoms with Gasteiger partial charge in [-0.25, -0.2) is 4.98 Å². The summed E-state index contributed by atoms with van der Waals surface area (Å²) in [5.41, 5.74) is -0.388. The van der Waals surface area contributed by atoms with Crippen molar-refractivity contribution >= 4 is 11.6 Å². The Balaban J connectivity index is 2.09. The first-order valence-electron chi connectivity index (χ1n) is 9.27. The molecular weight excluding hydrogens is 417 g/mol. The lowest BCUT2D eigenvalue weighted by molar-refractivity contribution is -0.137. The molecule has 0 saturated heterocycles. The van der Waals surface area contributed by atoms with E-state index in [0.29, 0.717) is 28.6 Å². The topological polar surface area (TPSA) is 70.7 Å². The number of pyridine rings is 1. The highest BCUT2D eigenvalue weighted by atomic mass is 35.5. The Labute approximate surface area is 176 Å². The van der Waals surface area contributed by atoms with Crippen molar-refractivity contribution in [1.29, 1.82) is 0 Å². The fourth-order valence-electron chi connectivity index (χ4n) is 2.93. The molecular formula is C21H20ClF3N4O. The average Bonchev–Trinajstić information content (AvgIpc) is 2.66. The van der Waals surface area contributed by atoms with Crippen LogP contribution in [0.2, 0.25) is 5.02 Å². The lowest BCUT2D eigenvalue weighted by Crippen LogP contribution is -2.19. The van der Waals surface area contributed by atoms with Gasteiger partial charge in [0.15, 0.2) is 0 Å². The van der Waals surface area contributed by atoms with Gasteiger partial charge in [0, 0.05) is 36.1 Å². The molecule has 0 radical (unpaired) electrons. The van der Waals surface area contributed by atoms with Gasteiger partial charge in [-0.15, -0.1) is 0 Å². The summed E-state index contributed by atoms with van der Waals surface area (Å²) in [5, 5.41) is 3.52. The first-order chi connectivity index (χ1) is 14.1. The average molecular weight is 437 g/mol. The minimum absolute atomic E-state index is 0.171. The number of rotatable bonds is 6. The molecule has 9 heteroatoms. The summed E-state index contributed by atoms with van der Waals surface area (Å²) < 4.78 is 40.9. The highest BCUT2D eigenvalue weighted by Gasteiger charge is 2.34. The van der Waals surface area contributed by atoms with E-state index in [-0.39, 0.29) is 17.1 Å². The Bertz CT molecular complexity index is 1100. The molecule has 0 saturated carbocycles. The number of benzene rings is 1. The number of aromatic nitrogens is 3. The molecule has 0 unspecified atom stereocenters. The number of nitrogens with zero attached hydrogens (tertiary/aromatic N) is 2. The van der Waals surface area contributed by atoms with Crippen LogP contribution in [0.15, 0.2) is 47.5 Å². The Hall–Kier alpha value is -2.71. The van der Waals surface area contributed by atoms with Crippen molar-refractivity contribution in [3.8, 4) is 22.6 Å². The zero-order valence-corrected chi connectivity index (χ0v) is 17.1. The molecule has 1 aromatic carbocycles. The van der Waals surface area contributed by atoms with Crippen LogP contribution < -0.4 is 10.9 Å². The maximum atomic E-state index is 13.6. The van der Waals surface area contributed by atoms with Crippen LogP contribution in [0.5, 0.6) is 0 Å². The van der Waals surface area contributed by atoms with Crippen LogP contribution in [-0.2, 0) is 12.7 Å². The lowest BCUT2D eigenvalue weighted by Gasteiger charge is -2.15. The zero-order chi connectivity index (χ0) is 21.9. The van der Waals surface area contributed by atoms with Crippen molar-refractivity contribution in [2.24, 2.45) is 5.92 Å². The van der Waals surface area contributed by atoms with Crippen molar-refractivity contribution in [1.82, 2.24) is 20.3 Å². The van der Waals surface area contributed by atoms with Crippen LogP contribution >= 0.6 is 11.6 Å². The van der Waals surface area contributed by atoms with E-state index in [2.05, 4.69) is 20.3 Å². The molecule has 2 N–H and O–H groups in total. The van der Waals surface area contributed by atoms with E-state index in [1.807, 2.05) is 13.8 Å². The van der Waals surface area contributed by atoms with E-state index >= 15 is 0 Å². The van der Waals surface area contributed by atoms with Crippen LogP contribution in [0, 0.1) is 5.92 Å². The second-order valence-corrected chi connectivity index (χ2v) is 7.71. The van der Waals surface area contributed by atoms with E-state index < -0.39 is 17.3 Å². The Morgan fingerprint density at radius 2 is 1.93 bits per heavy atom. The molecule has 158 valence electrons. The van der Waals surface area contributed by atoms with Crippen molar-refractivity contribution in [3.63, 3.8) is 0 Å². The van der Waals surface area contributed by atoms with Crippen molar-refractivity contribution in [2.45, 2.75) is 26.6 Å². The summed E-state index contributed by atoms with van der Waals surface area (Å²) in [5.74, 6) is 0.232. The third-order valence-corrected chi connectivity index (χ3v) is 4.48. The summed E-state index contributed by atoms with van der Waals surface area (Å²) in [6.07, 6.45) is -1.76. The number of hydrogen-bond acceptors (Lipinski definition) is 4. The van der Waals surface area contributed by atoms with Crippen molar-refractivity contribution in [3.05, 3.63) is 69.2 Å². The highest BCUT2D eigenvalue weighted by molar-refractivity contribution is 6.30. The number of halogens is 4. The standard InChI is InChI=1S/C21H20ClF3N4O/c1-12(2)8-26-9-13-3-4-17(21(23,24)25)16(5-13)20-28-18(7-19(30)29-20)14-6-15(22)11-27-10-14/h3-7,10-12,26H,8-9H2,1-2H3,(H,28,29,30). The van der Waals surface area contributed by atoms with Gasteiger partial charge in [-0.1, -0.05) is 31.5 Å². The quantitative estimate of drug-likeness (QED) is 0.575. The van der Waals surface area contributed by atoms with Gasteiger partial charge in [0.2, 0.25) is 0 Å². The molecule has 0 bridgehead atoms. The van der Waals surface area contributed by atoms with Gasteiger partial charge in [0.05, 0.1) is 16.3 Å². The van der Waals surface area contributed by atoms with Gasteiger partial charge in [0.1, 0.15) is 5.82 Å². The first-order valence-corrected chi connectivity index (χ1v) is 9.65. The molecule has 0 atom stereocenters. The lowest BCUT2D eigenvalue weighted by atomic mass is 10.0. The molecule has 0 fully saturated rings. The fraction of sp³-hybridized carbons (Fsp3) is 0.286. The minimum Gasteiger partial charge on any atom is -0.312 e. The zero-order valence-electron chi connectivity index (χ0n) is 16.3. The highest BCUT2D eigenvalue weighted by Crippen LogP contribution is 2.36. The van der Waals surface area contributed by atoms with Crippen LogP contribution in [0.3, 0.4) is 0 Å². The minimum atomic E-state index is -4.61. The molecule has 0 aliphatic carbocycles. The summed E-state index contributed by atoms with van der Waals surface area (Å²) >= 11 is 5.94. The van der Waals surface area contributed by atoms with E-state index in [1.165, 1.54) is 36.7 Å². The molecule has 3 rings (SSSR count). The maximum Gasteiger partial charge on any atom is 0.417 e. The number of hydrogen-bond donors (Lipinski definition) is 2.